The van der Waals surface area contributed by atoms with Gasteiger partial charge in [0.2, 0.25) is 0 Å². The van der Waals surface area contributed by atoms with Crippen LogP contribution in [0.3, 0.4) is 0 Å². The van der Waals surface area contributed by atoms with Gasteiger partial charge in [-0.2, -0.15) is 0 Å². The molecule has 1 aliphatic heterocycles. The van der Waals surface area contributed by atoms with Gasteiger partial charge in [0.15, 0.2) is 9.84 Å². The van der Waals surface area contributed by atoms with Crippen LogP contribution in [-0.4, -0.2) is 43.4 Å². The second-order valence-corrected chi connectivity index (χ2v) is 10.2. The third-order valence-electron chi connectivity index (χ3n) is 4.82. The van der Waals surface area contributed by atoms with E-state index in [2.05, 4.69) is 0 Å². The van der Waals surface area contributed by atoms with Gasteiger partial charge in [-0.1, -0.05) is 42.3 Å². The Labute approximate surface area is 181 Å². The summed E-state index contributed by atoms with van der Waals surface area (Å²) in [6, 6.07) is 11.6. The predicted octanol–water partition coefficient (Wildman–Crippen LogP) is 4.61. The SMILES string of the molecule is CCCOc1cccc(C(=O)N(Cc2ccc(Cl)cc2Cl)[C@@H]2CCS(=O)(=O)C2)c1. The lowest BCUT2D eigenvalue weighted by atomic mass is 10.1. The number of carbonyl (C=O) groups excluding carboxylic acids is 1. The monoisotopic (exact) mass is 455 g/mol. The van der Waals surface area contributed by atoms with Gasteiger partial charge in [0.25, 0.3) is 5.91 Å². The van der Waals surface area contributed by atoms with Gasteiger partial charge in [0.1, 0.15) is 5.75 Å². The van der Waals surface area contributed by atoms with Crippen molar-refractivity contribution in [1.29, 1.82) is 0 Å². The summed E-state index contributed by atoms with van der Waals surface area (Å²) in [5.74, 6) is 0.395. The highest BCUT2D eigenvalue weighted by Gasteiger charge is 2.35. The summed E-state index contributed by atoms with van der Waals surface area (Å²) in [5.41, 5.74) is 1.17. The molecule has 0 aliphatic carbocycles. The number of halogens is 2. The molecule has 0 spiro atoms. The lowest BCUT2D eigenvalue weighted by Gasteiger charge is -2.29. The molecular formula is C21H23Cl2NO4S. The van der Waals surface area contributed by atoms with Crippen LogP contribution in [0, 0.1) is 0 Å². The van der Waals surface area contributed by atoms with E-state index in [0.717, 1.165) is 6.42 Å². The lowest BCUT2D eigenvalue weighted by Crippen LogP contribution is -2.40. The summed E-state index contributed by atoms with van der Waals surface area (Å²) in [5, 5.41) is 0.942. The fraction of sp³-hybridized carbons (Fsp3) is 0.381. The molecule has 0 saturated carbocycles. The van der Waals surface area contributed by atoms with Gasteiger partial charge in [-0.15, -0.1) is 0 Å². The number of ether oxygens (including phenoxy) is 1. The molecule has 1 aliphatic rings. The first kappa shape index (κ1) is 21.9. The van der Waals surface area contributed by atoms with Crippen molar-refractivity contribution >= 4 is 38.9 Å². The van der Waals surface area contributed by atoms with E-state index < -0.39 is 15.9 Å². The molecule has 0 aromatic heterocycles. The zero-order valence-corrected chi connectivity index (χ0v) is 18.4. The maximum Gasteiger partial charge on any atom is 0.254 e. The molecule has 1 heterocycles. The lowest BCUT2D eigenvalue weighted by molar-refractivity contribution is 0.0680. The van der Waals surface area contributed by atoms with Crippen LogP contribution in [-0.2, 0) is 16.4 Å². The minimum atomic E-state index is -3.16. The molecule has 29 heavy (non-hydrogen) atoms. The fourth-order valence-corrected chi connectivity index (χ4v) is 5.52. The van der Waals surface area contributed by atoms with Crippen molar-refractivity contribution in [1.82, 2.24) is 4.90 Å². The van der Waals surface area contributed by atoms with Crippen LogP contribution < -0.4 is 4.74 Å². The molecule has 1 amide bonds. The highest BCUT2D eigenvalue weighted by atomic mass is 35.5. The Bertz CT molecular complexity index is 994. The number of hydrogen-bond donors (Lipinski definition) is 0. The minimum Gasteiger partial charge on any atom is -0.494 e. The van der Waals surface area contributed by atoms with Crippen LogP contribution in [0.25, 0.3) is 0 Å². The summed E-state index contributed by atoms with van der Waals surface area (Å²) in [6.45, 7) is 2.77. The highest BCUT2D eigenvalue weighted by molar-refractivity contribution is 7.91. The van der Waals surface area contributed by atoms with Gasteiger partial charge >= 0.3 is 0 Å². The molecule has 0 unspecified atom stereocenters. The number of hydrogen-bond acceptors (Lipinski definition) is 4. The largest absolute Gasteiger partial charge is 0.494 e. The van der Waals surface area contributed by atoms with E-state index in [9.17, 15) is 13.2 Å². The number of benzene rings is 2. The van der Waals surface area contributed by atoms with Gasteiger partial charge in [-0.3, -0.25) is 4.79 Å². The normalized spacial score (nSPS) is 17.8. The molecule has 1 fully saturated rings. The molecular weight excluding hydrogens is 433 g/mol. The second-order valence-electron chi connectivity index (χ2n) is 7.10. The van der Waals surface area contributed by atoms with Gasteiger partial charge in [-0.05, 0) is 48.7 Å². The van der Waals surface area contributed by atoms with Crippen molar-refractivity contribution in [3.05, 3.63) is 63.6 Å². The van der Waals surface area contributed by atoms with Gasteiger partial charge in [-0.25, -0.2) is 8.42 Å². The molecule has 5 nitrogen and oxygen atoms in total. The Balaban J connectivity index is 1.91. The summed E-state index contributed by atoms with van der Waals surface area (Å²) in [7, 11) is -3.16. The van der Waals surface area contributed by atoms with Crippen molar-refractivity contribution in [3.63, 3.8) is 0 Å². The standard InChI is InChI=1S/C21H23Cl2NO4S/c1-2-9-28-19-5-3-4-15(11-19)21(25)24(18-8-10-29(26,27)14-18)13-16-6-7-17(22)12-20(16)23/h3-7,11-12,18H,2,8-10,13-14H2,1H3/t18-/m1/s1. The van der Waals surface area contributed by atoms with E-state index >= 15 is 0 Å². The molecule has 2 aromatic carbocycles. The Morgan fingerprint density at radius 1 is 1.21 bits per heavy atom. The summed E-state index contributed by atoms with van der Waals surface area (Å²) < 4.78 is 29.7. The average Bonchev–Trinajstić information content (AvgIpc) is 3.05. The first-order valence-corrected chi connectivity index (χ1v) is 12.0. The van der Waals surface area contributed by atoms with E-state index in [0.29, 0.717) is 39.9 Å². The minimum absolute atomic E-state index is 0.0457. The maximum atomic E-state index is 13.4. The molecule has 1 atom stereocenters. The van der Waals surface area contributed by atoms with Gasteiger partial charge in [0, 0.05) is 28.2 Å². The number of rotatable bonds is 7. The Morgan fingerprint density at radius 2 is 2.00 bits per heavy atom. The average molecular weight is 456 g/mol. The van der Waals surface area contributed by atoms with Crippen LogP contribution in [0.15, 0.2) is 42.5 Å². The number of carbonyl (C=O) groups is 1. The molecule has 8 heteroatoms. The number of sulfone groups is 1. The maximum absolute atomic E-state index is 13.4. The quantitative estimate of drug-likeness (QED) is 0.611. The number of amides is 1. The third kappa shape index (κ3) is 5.65. The first-order chi connectivity index (χ1) is 13.8. The van der Waals surface area contributed by atoms with Gasteiger partial charge in [0.05, 0.1) is 18.1 Å². The van der Waals surface area contributed by atoms with Crippen LogP contribution in [0.1, 0.15) is 35.7 Å². The summed E-state index contributed by atoms with van der Waals surface area (Å²) >= 11 is 12.3. The molecule has 1 saturated heterocycles. The predicted molar refractivity (Wildman–Crippen MR) is 116 cm³/mol. The molecule has 0 bridgehead atoms. The van der Waals surface area contributed by atoms with Crippen LogP contribution in [0.2, 0.25) is 10.0 Å². The van der Waals surface area contributed by atoms with Crippen molar-refractivity contribution in [3.8, 4) is 5.75 Å². The molecule has 156 valence electrons. The van der Waals surface area contributed by atoms with E-state index in [4.69, 9.17) is 27.9 Å². The van der Waals surface area contributed by atoms with E-state index in [-0.39, 0.29) is 24.0 Å². The summed E-state index contributed by atoms with van der Waals surface area (Å²) in [6.07, 6.45) is 1.27. The Hall–Kier alpha value is -1.76. The topological polar surface area (TPSA) is 63.7 Å². The van der Waals surface area contributed by atoms with Crippen molar-refractivity contribution < 1.29 is 17.9 Å². The Morgan fingerprint density at radius 3 is 2.66 bits per heavy atom. The van der Waals surface area contributed by atoms with Crippen molar-refractivity contribution in [2.75, 3.05) is 18.1 Å². The van der Waals surface area contributed by atoms with E-state index in [1.165, 1.54) is 0 Å². The Kier molecular flexibility index (Phi) is 7.09. The molecule has 0 radical (unpaired) electrons. The number of nitrogens with zero attached hydrogens (tertiary/aromatic N) is 1. The zero-order chi connectivity index (χ0) is 21.0. The van der Waals surface area contributed by atoms with Crippen LogP contribution >= 0.6 is 23.2 Å². The molecule has 2 aromatic rings. The second kappa shape index (κ2) is 9.37. The molecule has 3 rings (SSSR count). The molecule has 0 N–H and O–H groups in total. The van der Waals surface area contributed by atoms with E-state index in [1.54, 1.807) is 47.4 Å². The van der Waals surface area contributed by atoms with Crippen LogP contribution in [0.4, 0.5) is 0 Å². The third-order valence-corrected chi connectivity index (χ3v) is 7.16. The van der Waals surface area contributed by atoms with Crippen molar-refractivity contribution in [2.45, 2.75) is 32.4 Å². The van der Waals surface area contributed by atoms with Crippen LogP contribution in [0.5, 0.6) is 5.75 Å². The first-order valence-electron chi connectivity index (χ1n) is 9.47. The van der Waals surface area contributed by atoms with Crippen molar-refractivity contribution in [2.24, 2.45) is 0 Å². The zero-order valence-electron chi connectivity index (χ0n) is 16.1. The van der Waals surface area contributed by atoms with E-state index in [1.807, 2.05) is 6.92 Å². The fourth-order valence-electron chi connectivity index (χ4n) is 3.33. The smallest absolute Gasteiger partial charge is 0.254 e. The van der Waals surface area contributed by atoms with Gasteiger partial charge < -0.3 is 9.64 Å². The highest BCUT2D eigenvalue weighted by Crippen LogP contribution is 2.27. The summed E-state index contributed by atoms with van der Waals surface area (Å²) in [4.78, 5) is 15.0.